The lowest BCUT2D eigenvalue weighted by molar-refractivity contribution is 0.0734. The number of hydrogen-bond donors (Lipinski definition) is 1. The number of ether oxygens (including phenoxy) is 1. The van der Waals surface area contributed by atoms with Crippen molar-refractivity contribution in [3.63, 3.8) is 0 Å². The summed E-state index contributed by atoms with van der Waals surface area (Å²) in [7, 11) is 1.21. The molecule has 1 aliphatic rings. The summed E-state index contributed by atoms with van der Waals surface area (Å²) in [6, 6.07) is 1.83. The summed E-state index contributed by atoms with van der Waals surface area (Å²) >= 11 is 0. The Balaban J connectivity index is 2.37. The maximum Gasteiger partial charge on any atom is 0.260 e. The van der Waals surface area contributed by atoms with Gasteiger partial charge in [-0.25, -0.2) is 8.78 Å². The zero-order valence-corrected chi connectivity index (χ0v) is 11.5. The molecular formula is C14H18F2N2O2. The van der Waals surface area contributed by atoms with Crippen LogP contribution in [0.15, 0.2) is 12.1 Å². The highest BCUT2D eigenvalue weighted by atomic mass is 19.1. The predicted molar refractivity (Wildman–Crippen MR) is 70.6 cm³/mol. The van der Waals surface area contributed by atoms with Crippen molar-refractivity contribution in [3.8, 4) is 5.75 Å². The van der Waals surface area contributed by atoms with Gasteiger partial charge in [0, 0.05) is 12.6 Å². The van der Waals surface area contributed by atoms with E-state index >= 15 is 0 Å². The van der Waals surface area contributed by atoms with Crippen LogP contribution in [0.3, 0.4) is 0 Å². The quantitative estimate of drug-likeness (QED) is 0.920. The molecule has 20 heavy (non-hydrogen) atoms. The summed E-state index contributed by atoms with van der Waals surface area (Å²) in [5, 5.41) is 0. The van der Waals surface area contributed by atoms with Gasteiger partial charge in [0.25, 0.3) is 5.91 Å². The van der Waals surface area contributed by atoms with Crippen LogP contribution >= 0.6 is 0 Å². The van der Waals surface area contributed by atoms with E-state index in [1.54, 1.807) is 0 Å². The lowest BCUT2D eigenvalue weighted by Crippen LogP contribution is -2.35. The molecule has 0 saturated carbocycles. The maximum atomic E-state index is 13.9. The molecule has 6 heteroatoms. The number of nitrogens with two attached hydrogens (primary N) is 1. The normalized spacial score (nSPS) is 22.1. The first kappa shape index (κ1) is 14.7. The Bertz CT molecular complexity index is 522. The van der Waals surface area contributed by atoms with Crippen molar-refractivity contribution in [1.29, 1.82) is 0 Å². The van der Waals surface area contributed by atoms with Gasteiger partial charge in [0.05, 0.1) is 7.11 Å². The van der Waals surface area contributed by atoms with Gasteiger partial charge in [-0.05, 0) is 37.9 Å². The van der Waals surface area contributed by atoms with E-state index in [1.807, 2.05) is 6.92 Å². The van der Waals surface area contributed by atoms with Crippen molar-refractivity contribution < 1.29 is 18.3 Å². The number of benzene rings is 1. The van der Waals surface area contributed by atoms with Gasteiger partial charge in [0.2, 0.25) is 0 Å². The molecule has 1 amide bonds. The number of amides is 1. The van der Waals surface area contributed by atoms with E-state index in [4.69, 9.17) is 10.5 Å². The van der Waals surface area contributed by atoms with Crippen molar-refractivity contribution in [2.24, 2.45) is 11.7 Å². The summed E-state index contributed by atoms with van der Waals surface area (Å²) < 4.78 is 32.4. The Hall–Kier alpha value is -1.69. The Morgan fingerprint density at radius 1 is 1.45 bits per heavy atom. The lowest BCUT2D eigenvalue weighted by Gasteiger charge is -2.23. The first-order valence-electron chi connectivity index (χ1n) is 6.52. The van der Waals surface area contributed by atoms with Gasteiger partial charge < -0.3 is 15.4 Å². The number of hydrogen-bond acceptors (Lipinski definition) is 3. The molecule has 110 valence electrons. The molecule has 1 aromatic rings. The van der Waals surface area contributed by atoms with Gasteiger partial charge >= 0.3 is 0 Å². The number of methoxy groups -OCH3 is 1. The van der Waals surface area contributed by atoms with Crippen LogP contribution in [-0.4, -0.2) is 37.0 Å². The third-order valence-corrected chi connectivity index (χ3v) is 3.73. The molecule has 1 aromatic carbocycles. The standard InChI is InChI=1S/C14H18F2N2O2/c1-8-5-9(6-17)7-18(8)14(19)12-10(15)3-4-11(16)13(12)20-2/h3-4,8-9H,5-7,17H2,1-2H3. The van der Waals surface area contributed by atoms with Gasteiger partial charge in [0.1, 0.15) is 11.4 Å². The van der Waals surface area contributed by atoms with Crippen LogP contribution in [0, 0.1) is 17.6 Å². The minimum Gasteiger partial charge on any atom is -0.493 e. The van der Waals surface area contributed by atoms with Gasteiger partial charge in [-0.3, -0.25) is 4.79 Å². The number of rotatable bonds is 3. The monoisotopic (exact) mass is 284 g/mol. The maximum absolute atomic E-state index is 13.9. The molecule has 1 fully saturated rings. The van der Waals surface area contributed by atoms with E-state index in [9.17, 15) is 13.6 Å². The summed E-state index contributed by atoms with van der Waals surface area (Å²) in [4.78, 5) is 14.0. The number of halogens is 2. The molecule has 0 bridgehead atoms. The van der Waals surface area contributed by atoms with Gasteiger partial charge in [-0.15, -0.1) is 0 Å². The third-order valence-electron chi connectivity index (χ3n) is 3.73. The Morgan fingerprint density at radius 3 is 2.65 bits per heavy atom. The molecule has 2 N–H and O–H groups in total. The van der Waals surface area contributed by atoms with Crippen LogP contribution in [0.1, 0.15) is 23.7 Å². The zero-order valence-electron chi connectivity index (χ0n) is 11.5. The van der Waals surface area contributed by atoms with E-state index in [1.165, 1.54) is 12.0 Å². The smallest absolute Gasteiger partial charge is 0.260 e. The number of likely N-dealkylation sites (tertiary alicyclic amines) is 1. The topological polar surface area (TPSA) is 55.6 Å². The Labute approximate surface area is 116 Å². The highest BCUT2D eigenvalue weighted by Crippen LogP contribution is 2.30. The largest absolute Gasteiger partial charge is 0.493 e. The first-order valence-corrected chi connectivity index (χ1v) is 6.52. The first-order chi connectivity index (χ1) is 9.49. The molecule has 1 aliphatic heterocycles. The minimum absolute atomic E-state index is 0.0524. The highest BCUT2D eigenvalue weighted by Gasteiger charge is 2.35. The van der Waals surface area contributed by atoms with Crippen molar-refractivity contribution in [2.75, 3.05) is 20.2 Å². The van der Waals surface area contributed by atoms with Crippen LogP contribution in [0.2, 0.25) is 0 Å². The van der Waals surface area contributed by atoms with E-state index < -0.39 is 17.5 Å². The summed E-state index contributed by atoms with van der Waals surface area (Å²) in [5.74, 6) is -2.24. The zero-order chi connectivity index (χ0) is 14.9. The molecule has 0 aromatic heterocycles. The minimum atomic E-state index is -0.781. The van der Waals surface area contributed by atoms with Crippen molar-refractivity contribution >= 4 is 5.91 Å². The van der Waals surface area contributed by atoms with Crippen molar-refractivity contribution in [1.82, 2.24) is 4.90 Å². The molecule has 1 saturated heterocycles. The van der Waals surface area contributed by atoms with Gasteiger partial charge in [-0.1, -0.05) is 0 Å². The number of nitrogens with zero attached hydrogens (tertiary/aromatic N) is 1. The molecule has 1 heterocycles. The Kier molecular flexibility index (Phi) is 4.23. The fourth-order valence-corrected chi connectivity index (χ4v) is 2.67. The van der Waals surface area contributed by atoms with Crippen LogP contribution in [-0.2, 0) is 0 Å². The molecule has 4 nitrogen and oxygen atoms in total. The van der Waals surface area contributed by atoms with Crippen LogP contribution in [0.25, 0.3) is 0 Å². The van der Waals surface area contributed by atoms with Crippen molar-refractivity contribution in [3.05, 3.63) is 29.3 Å². The molecular weight excluding hydrogens is 266 g/mol. The SMILES string of the molecule is COc1c(F)ccc(F)c1C(=O)N1CC(CN)CC1C. The van der Waals surface area contributed by atoms with Crippen LogP contribution in [0.5, 0.6) is 5.75 Å². The summed E-state index contributed by atoms with van der Waals surface area (Å²) in [6.07, 6.45) is 0.765. The molecule has 2 atom stereocenters. The second-order valence-corrected chi connectivity index (χ2v) is 5.08. The van der Waals surface area contributed by atoms with Crippen molar-refractivity contribution in [2.45, 2.75) is 19.4 Å². The fourth-order valence-electron chi connectivity index (χ4n) is 2.67. The average molecular weight is 284 g/mol. The molecule has 0 spiro atoms. The summed E-state index contributed by atoms with van der Waals surface area (Å²) in [6.45, 7) is 2.80. The third kappa shape index (κ3) is 2.47. The van der Waals surface area contributed by atoms with Gasteiger partial charge in [0.15, 0.2) is 11.6 Å². The molecule has 0 radical (unpaired) electrons. The number of carbonyl (C=O) groups excluding carboxylic acids is 1. The van der Waals surface area contributed by atoms with E-state index in [0.29, 0.717) is 13.1 Å². The van der Waals surface area contributed by atoms with Gasteiger partial charge in [-0.2, -0.15) is 0 Å². The molecule has 0 aliphatic carbocycles. The molecule has 2 unspecified atom stereocenters. The second-order valence-electron chi connectivity index (χ2n) is 5.08. The second kappa shape index (κ2) is 5.75. The highest BCUT2D eigenvalue weighted by molar-refractivity contribution is 5.97. The fraction of sp³-hybridized carbons (Fsp3) is 0.500. The van der Waals surface area contributed by atoms with E-state index in [2.05, 4.69) is 0 Å². The van der Waals surface area contributed by atoms with E-state index in [0.717, 1.165) is 18.6 Å². The molecule has 2 rings (SSSR count). The van der Waals surface area contributed by atoms with Crippen LogP contribution in [0.4, 0.5) is 8.78 Å². The van der Waals surface area contributed by atoms with E-state index in [-0.39, 0.29) is 23.3 Å². The summed E-state index contributed by atoms with van der Waals surface area (Å²) in [5.41, 5.74) is 5.26. The van der Waals surface area contributed by atoms with Crippen LogP contribution < -0.4 is 10.5 Å². The predicted octanol–water partition coefficient (Wildman–Crippen LogP) is 1.78. The lowest BCUT2D eigenvalue weighted by atomic mass is 10.1. The Morgan fingerprint density at radius 2 is 2.10 bits per heavy atom. The number of carbonyl (C=O) groups is 1. The average Bonchev–Trinajstić information content (AvgIpc) is 2.81.